The third-order valence-corrected chi connectivity index (χ3v) is 1.81. The van der Waals surface area contributed by atoms with Gasteiger partial charge in [-0.25, -0.2) is 4.99 Å². The van der Waals surface area contributed by atoms with E-state index in [1.807, 2.05) is 19.0 Å². The summed E-state index contributed by atoms with van der Waals surface area (Å²) in [6.07, 6.45) is 1.53. The molecule has 0 fully saturated rings. The number of amidine groups is 1. The van der Waals surface area contributed by atoms with E-state index in [-0.39, 0.29) is 0 Å². The van der Waals surface area contributed by atoms with Gasteiger partial charge in [-0.15, -0.1) is 0 Å². The average Bonchev–Trinajstić information content (AvgIpc) is 1.67. The van der Waals surface area contributed by atoms with Gasteiger partial charge in [-0.3, -0.25) is 0 Å². The van der Waals surface area contributed by atoms with Crippen molar-refractivity contribution >= 4 is 26.4 Å². The SMILES string of the molecule is C=CN=C(I)N(C)C. The fourth-order valence-electron chi connectivity index (χ4n) is 0.191. The second-order valence-corrected chi connectivity index (χ2v) is 2.44. The summed E-state index contributed by atoms with van der Waals surface area (Å²) in [5.74, 6) is 0. The molecule has 0 spiro atoms. The first kappa shape index (κ1) is 7.94. The Hall–Kier alpha value is -0.0600. The van der Waals surface area contributed by atoms with Crippen molar-refractivity contribution in [3.05, 3.63) is 12.8 Å². The van der Waals surface area contributed by atoms with Crippen LogP contribution in [0.1, 0.15) is 0 Å². The van der Waals surface area contributed by atoms with Crippen LogP contribution in [0.5, 0.6) is 0 Å². The number of nitrogens with zero attached hydrogens (tertiary/aromatic N) is 2. The summed E-state index contributed by atoms with van der Waals surface area (Å²) in [5, 5.41) is 0. The van der Waals surface area contributed by atoms with Crippen molar-refractivity contribution in [3.8, 4) is 0 Å². The van der Waals surface area contributed by atoms with Gasteiger partial charge in [0.1, 0.15) is 0 Å². The molecule has 3 heteroatoms. The van der Waals surface area contributed by atoms with Crippen molar-refractivity contribution in [1.82, 2.24) is 4.90 Å². The molecule has 2 nitrogen and oxygen atoms in total. The molecule has 0 aliphatic rings. The van der Waals surface area contributed by atoms with Gasteiger partial charge in [-0.2, -0.15) is 0 Å². The van der Waals surface area contributed by atoms with Gasteiger partial charge in [-0.05, 0) is 22.6 Å². The molecule has 0 N–H and O–H groups in total. The van der Waals surface area contributed by atoms with E-state index >= 15 is 0 Å². The average molecular weight is 224 g/mol. The first-order valence-electron chi connectivity index (χ1n) is 2.20. The van der Waals surface area contributed by atoms with Crippen molar-refractivity contribution in [3.63, 3.8) is 0 Å². The summed E-state index contributed by atoms with van der Waals surface area (Å²) in [4.78, 5) is 5.84. The Bertz CT molecular complexity index is 107. The lowest BCUT2D eigenvalue weighted by Gasteiger charge is -2.06. The van der Waals surface area contributed by atoms with Crippen LogP contribution in [0.2, 0.25) is 0 Å². The van der Waals surface area contributed by atoms with Gasteiger partial charge in [0.2, 0.25) is 0 Å². The Balaban J connectivity index is 3.78. The monoisotopic (exact) mass is 224 g/mol. The maximum absolute atomic E-state index is 3.92. The lowest BCUT2D eigenvalue weighted by Crippen LogP contribution is -2.14. The van der Waals surface area contributed by atoms with Crippen LogP contribution < -0.4 is 0 Å². The van der Waals surface area contributed by atoms with Gasteiger partial charge in [0, 0.05) is 20.3 Å². The molecule has 0 aromatic heterocycles. The van der Waals surface area contributed by atoms with Crippen LogP contribution in [-0.4, -0.2) is 22.8 Å². The van der Waals surface area contributed by atoms with Gasteiger partial charge in [0.15, 0.2) is 3.84 Å². The Kier molecular flexibility index (Phi) is 3.85. The highest BCUT2D eigenvalue weighted by Crippen LogP contribution is 1.93. The molecule has 0 unspecified atom stereocenters. The Labute approximate surface area is 63.4 Å². The van der Waals surface area contributed by atoms with E-state index in [0.717, 1.165) is 3.84 Å². The Morgan fingerprint density at radius 3 is 2.38 bits per heavy atom. The second kappa shape index (κ2) is 3.88. The third-order valence-electron chi connectivity index (χ3n) is 0.567. The zero-order valence-corrected chi connectivity index (χ0v) is 7.21. The summed E-state index contributed by atoms with van der Waals surface area (Å²) in [5.41, 5.74) is 0. The lowest BCUT2D eigenvalue weighted by molar-refractivity contribution is 0.640. The quantitative estimate of drug-likeness (QED) is 0.285. The van der Waals surface area contributed by atoms with Gasteiger partial charge in [-0.1, -0.05) is 6.58 Å². The fourth-order valence-corrected chi connectivity index (χ4v) is 0.388. The molecule has 8 heavy (non-hydrogen) atoms. The zero-order chi connectivity index (χ0) is 6.57. The second-order valence-electron chi connectivity index (χ2n) is 1.48. The van der Waals surface area contributed by atoms with Gasteiger partial charge in [0.25, 0.3) is 0 Å². The minimum Gasteiger partial charge on any atom is -0.358 e. The van der Waals surface area contributed by atoms with Crippen molar-refractivity contribution in [2.24, 2.45) is 4.99 Å². The molecule has 46 valence electrons. The predicted octanol–water partition coefficient (Wildman–Crippen LogP) is 1.48. The highest BCUT2D eigenvalue weighted by molar-refractivity contribution is 14.1. The minimum atomic E-state index is 0.942. The smallest absolute Gasteiger partial charge is 0.166 e. The molecule has 0 aliphatic carbocycles. The van der Waals surface area contributed by atoms with E-state index in [9.17, 15) is 0 Å². The van der Waals surface area contributed by atoms with Crippen LogP contribution in [0.15, 0.2) is 17.8 Å². The highest BCUT2D eigenvalue weighted by Gasteiger charge is 1.89. The molecule has 0 saturated heterocycles. The van der Waals surface area contributed by atoms with Crippen LogP contribution in [0.25, 0.3) is 0 Å². The first-order valence-corrected chi connectivity index (χ1v) is 3.28. The molecule has 0 atom stereocenters. The van der Waals surface area contributed by atoms with Gasteiger partial charge in [0.05, 0.1) is 0 Å². The van der Waals surface area contributed by atoms with E-state index < -0.39 is 0 Å². The van der Waals surface area contributed by atoms with Crippen molar-refractivity contribution < 1.29 is 0 Å². The minimum absolute atomic E-state index is 0.942. The summed E-state index contributed by atoms with van der Waals surface area (Å²) < 4.78 is 0.942. The van der Waals surface area contributed by atoms with E-state index in [0.29, 0.717) is 0 Å². The number of rotatable bonds is 1. The van der Waals surface area contributed by atoms with Crippen LogP contribution in [0, 0.1) is 0 Å². The van der Waals surface area contributed by atoms with Gasteiger partial charge < -0.3 is 4.90 Å². The summed E-state index contributed by atoms with van der Waals surface area (Å²) >= 11 is 2.14. The molecule has 0 amide bonds. The standard InChI is InChI=1S/C5H9IN2/c1-4-7-5(6)8(2)3/h4H,1H2,2-3H3. The maximum atomic E-state index is 3.92. The molecule has 0 bridgehead atoms. The molecule has 0 radical (unpaired) electrons. The van der Waals surface area contributed by atoms with Crippen LogP contribution in [0.3, 0.4) is 0 Å². The molecule has 0 aliphatic heterocycles. The zero-order valence-electron chi connectivity index (χ0n) is 5.06. The van der Waals surface area contributed by atoms with Gasteiger partial charge >= 0.3 is 0 Å². The number of aliphatic imine (C=N–C) groups is 1. The molecule has 0 heterocycles. The summed E-state index contributed by atoms with van der Waals surface area (Å²) in [7, 11) is 3.88. The number of hydrogen-bond donors (Lipinski definition) is 0. The largest absolute Gasteiger partial charge is 0.358 e. The topological polar surface area (TPSA) is 15.6 Å². The van der Waals surface area contributed by atoms with Crippen molar-refractivity contribution in [1.29, 1.82) is 0 Å². The van der Waals surface area contributed by atoms with Crippen molar-refractivity contribution in [2.75, 3.05) is 14.1 Å². The van der Waals surface area contributed by atoms with Crippen molar-refractivity contribution in [2.45, 2.75) is 0 Å². The molecule has 0 rings (SSSR count). The predicted molar refractivity (Wildman–Crippen MR) is 45.3 cm³/mol. The Morgan fingerprint density at radius 2 is 2.25 bits per heavy atom. The van der Waals surface area contributed by atoms with E-state index in [1.54, 1.807) is 0 Å². The van der Waals surface area contributed by atoms with Crippen LogP contribution in [0.4, 0.5) is 0 Å². The third kappa shape index (κ3) is 3.01. The Morgan fingerprint density at radius 1 is 1.75 bits per heavy atom. The highest BCUT2D eigenvalue weighted by atomic mass is 127. The van der Waals surface area contributed by atoms with Crippen LogP contribution in [-0.2, 0) is 0 Å². The lowest BCUT2D eigenvalue weighted by atomic mass is 10.9. The molecular formula is C5H9IN2. The fraction of sp³-hybridized carbons (Fsp3) is 0.400. The van der Waals surface area contributed by atoms with E-state index in [1.165, 1.54) is 6.20 Å². The summed E-state index contributed by atoms with van der Waals surface area (Å²) in [6, 6.07) is 0. The van der Waals surface area contributed by atoms with E-state index in [4.69, 9.17) is 0 Å². The normalized spacial score (nSPS) is 11.1. The summed E-state index contributed by atoms with van der Waals surface area (Å²) in [6.45, 7) is 3.46. The molecule has 0 aromatic rings. The first-order chi connectivity index (χ1) is 3.68. The van der Waals surface area contributed by atoms with E-state index in [2.05, 4.69) is 34.2 Å². The molecular weight excluding hydrogens is 215 g/mol. The number of hydrogen-bond acceptors (Lipinski definition) is 1. The van der Waals surface area contributed by atoms with Crippen LogP contribution >= 0.6 is 22.6 Å². The molecule has 0 saturated carbocycles. The molecule has 0 aromatic carbocycles. The maximum Gasteiger partial charge on any atom is 0.166 e. The number of halogens is 1.